The summed E-state index contributed by atoms with van der Waals surface area (Å²) in [6, 6.07) is 8.01. The zero-order valence-corrected chi connectivity index (χ0v) is 13.4. The molecule has 2 atom stereocenters. The molecule has 2 fully saturated rings. The first-order valence-electron chi connectivity index (χ1n) is 7.89. The van der Waals surface area contributed by atoms with Gasteiger partial charge in [0.05, 0.1) is 6.61 Å². The first-order valence-corrected chi connectivity index (χ1v) is 7.89. The van der Waals surface area contributed by atoms with Gasteiger partial charge in [0.25, 0.3) is 0 Å². The summed E-state index contributed by atoms with van der Waals surface area (Å²) < 4.78 is 5.46. The predicted octanol–water partition coefficient (Wildman–Crippen LogP) is 4.49. The van der Waals surface area contributed by atoms with Crippen LogP contribution >= 0.6 is 0 Å². The van der Waals surface area contributed by atoms with E-state index in [4.69, 9.17) is 4.74 Å². The van der Waals surface area contributed by atoms with E-state index in [0.717, 1.165) is 29.7 Å². The van der Waals surface area contributed by atoms with Gasteiger partial charge in [-0.15, -0.1) is 0 Å². The van der Waals surface area contributed by atoms with E-state index < -0.39 is 0 Å². The Labute approximate surface area is 127 Å². The van der Waals surface area contributed by atoms with Gasteiger partial charge in [-0.05, 0) is 60.4 Å². The molecule has 1 aromatic rings. The molecule has 2 unspecified atom stereocenters. The average Bonchev–Trinajstić information content (AvgIpc) is 2.75. The van der Waals surface area contributed by atoms with Crippen molar-refractivity contribution in [2.45, 2.75) is 40.5 Å². The van der Waals surface area contributed by atoms with Crippen LogP contribution in [0, 0.1) is 16.7 Å². The average molecular weight is 284 g/mol. The monoisotopic (exact) mass is 284 g/mol. The van der Waals surface area contributed by atoms with E-state index in [9.17, 15) is 4.79 Å². The smallest absolute Gasteiger partial charge is 0.165 e. The molecule has 0 heterocycles. The Morgan fingerprint density at radius 3 is 2.43 bits per heavy atom. The molecule has 21 heavy (non-hydrogen) atoms. The summed E-state index contributed by atoms with van der Waals surface area (Å²) in [5, 5.41) is 0. The molecule has 1 aromatic carbocycles. The van der Waals surface area contributed by atoms with Crippen LogP contribution in [0.2, 0.25) is 0 Å². The summed E-state index contributed by atoms with van der Waals surface area (Å²) in [6.07, 6.45) is 4.26. The van der Waals surface area contributed by atoms with Crippen molar-refractivity contribution in [3.63, 3.8) is 0 Å². The van der Waals surface area contributed by atoms with E-state index in [2.05, 4.69) is 26.8 Å². The molecular formula is C19H24O2. The highest BCUT2D eigenvalue weighted by Crippen LogP contribution is 2.65. The van der Waals surface area contributed by atoms with Gasteiger partial charge in [0, 0.05) is 5.41 Å². The second-order valence-electron chi connectivity index (χ2n) is 7.08. The third-order valence-corrected chi connectivity index (χ3v) is 5.88. The summed E-state index contributed by atoms with van der Waals surface area (Å²) in [6.45, 7) is 9.30. The maximum absolute atomic E-state index is 12.8. The molecule has 0 amide bonds. The van der Waals surface area contributed by atoms with Gasteiger partial charge in [-0.25, -0.2) is 0 Å². The Kier molecular flexibility index (Phi) is 3.23. The van der Waals surface area contributed by atoms with E-state index in [0.29, 0.717) is 18.3 Å². The topological polar surface area (TPSA) is 26.3 Å². The first kappa shape index (κ1) is 14.4. The number of benzene rings is 1. The molecule has 2 aliphatic rings. The van der Waals surface area contributed by atoms with Crippen LogP contribution in [-0.4, -0.2) is 12.4 Å². The minimum atomic E-state index is -0.172. The van der Waals surface area contributed by atoms with Gasteiger partial charge in [-0.3, -0.25) is 4.79 Å². The van der Waals surface area contributed by atoms with Gasteiger partial charge < -0.3 is 4.74 Å². The maximum atomic E-state index is 12.8. The quantitative estimate of drug-likeness (QED) is 0.764. The van der Waals surface area contributed by atoms with Crippen molar-refractivity contribution in [2.24, 2.45) is 16.7 Å². The third-order valence-electron chi connectivity index (χ3n) is 5.88. The normalized spacial score (nSPS) is 31.9. The van der Waals surface area contributed by atoms with Crippen molar-refractivity contribution in [2.75, 3.05) is 6.61 Å². The summed E-state index contributed by atoms with van der Waals surface area (Å²) in [5.74, 6) is 1.64. The number of allylic oxidation sites excluding steroid dienone is 1. The molecular weight excluding hydrogens is 260 g/mol. The van der Waals surface area contributed by atoms with Crippen molar-refractivity contribution in [3.8, 4) is 5.75 Å². The number of Topliss-reactive ketones (excluding diaryl/α,β-unsaturated/α-hetero) is 1. The second kappa shape index (κ2) is 4.72. The Bertz CT molecular complexity index is 594. The van der Waals surface area contributed by atoms with E-state index in [-0.39, 0.29) is 10.8 Å². The first-order chi connectivity index (χ1) is 9.90. The van der Waals surface area contributed by atoms with E-state index in [1.165, 1.54) is 0 Å². The van der Waals surface area contributed by atoms with Gasteiger partial charge in [-0.2, -0.15) is 0 Å². The fourth-order valence-corrected chi connectivity index (χ4v) is 4.10. The Morgan fingerprint density at radius 2 is 1.90 bits per heavy atom. The minimum absolute atomic E-state index is 0.0845. The van der Waals surface area contributed by atoms with Crippen molar-refractivity contribution < 1.29 is 9.53 Å². The number of carbonyl (C=O) groups is 1. The predicted molar refractivity (Wildman–Crippen MR) is 85.2 cm³/mol. The zero-order chi connectivity index (χ0) is 15.3. The number of fused-ring (bicyclic) bond motifs is 2. The standard InChI is InChI=1S/C19H24O2/c1-5-21-14-8-6-13(7-9-14)12-15-16-10-11-19(4,17(15)20)18(16,2)3/h6-9,12,16H,5,10-11H2,1-4H3. The van der Waals surface area contributed by atoms with Crippen LogP contribution in [0.15, 0.2) is 29.8 Å². The van der Waals surface area contributed by atoms with E-state index in [1.807, 2.05) is 31.2 Å². The van der Waals surface area contributed by atoms with E-state index >= 15 is 0 Å². The molecule has 2 nitrogen and oxygen atoms in total. The lowest BCUT2D eigenvalue weighted by Gasteiger charge is -2.31. The molecule has 2 bridgehead atoms. The number of carbonyl (C=O) groups excluding carboxylic acids is 1. The highest BCUT2D eigenvalue weighted by Gasteiger charge is 2.63. The molecule has 0 radical (unpaired) electrons. The van der Waals surface area contributed by atoms with Gasteiger partial charge >= 0.3 is 0 Å². The fourth-order valence-electron chi connectivity index (χ4n) is 4.10. The molecule has 2 aliphatic carbocycles. The molecule has 2 saturated carbocycles. The van der Waals surface area contributed by atoms with Crippen LogP contribution in [0.5, 0.6) is 5.75 Å². The SMILES string of the molecule is CCOc1ccc(C=C2C(=O)C3(C)CCC2C3(C)C)cc1. The summed E-state index contributed by atoms with van der Waals surface area (Å²) in [4.78, 5) is 12.8. The fraction of sp³-hybridized carbons (Fsp3) is 0.526. The molecule has 0 aromatic heterocycles. The third kappa shape index (κ3) is 1.96. The van der Waals surface area contributed by atoms with E-state index in [1.54, 1.807) is 0 Å². The number of hydrogen-bond donors (Lipinski definition) is 0. The van der Waals surface area contributed by atoms with Crippen molar-refractivity contribution in [1.82, 2.24) is 0 Å². The molecule has 0 aliphatic heterocycles. The van der Waals surface area contributed by atoms with Crippen LogP contribution in [0.25, 0.3) is 6.08 Å². The second-order valence-corrected chi connectivity index (χ2v) is 7.08. The highest BCUT2D eigenvalue weighted by molar-refractivity contribution is 6.07. The number of ketones is 1. The van der Waals surface area contributed by atoms with Gasteiger partial charge in [0.2, 0.25) is 0 Å². The van der Waals surface area contributed by atoms with Crippen LogP contribution in [0.3, 0.4) is 0 Å². The Morgan fingerprint density at radius 1 is 1.24 bits per heavy atom. The van der Waals surface area contributed by atoms with Crippen LogP contribution in [-0.2, 0) is 4.79 Å². The largest absolute Gasteiger partial charge is 0.494 e. The van der Waals surface area contributed by atoms with Crippen LogP contribution in [0.4, 0.5) is 0 Å². The maximum Gasteiger partial charge on any atom is 0.165 e. The molecule has 0 saturated heterocycles. The van der Waals surface area contributed by atoms with Crippen molar-refractivity contribution >= 4 is 11.9 Å². The molecule has 0 spiro atoms. The number of rotatable bonds is 3. The molecule has 3 rings (SSSR count). The summed E-state index contributed by atoms with van der Waals surface area (Å²) in [7, 11) is 0. The summed E-state index contributed by atoms with van der Waals surface area (Å²) in [5.41, 5.74) is 2.03. The van der Waals surface area contributed by atoms with Gasteiger partial charge in [-0.1, -0.05) is 32.9 Å². The highest BCUT2D eigenvalue weighted by atomic mass is 16.5. The zero-order valence-electron chi connectivity index (χ0n) is 13.4. The lowest BCUT2D eigenvalue weighted by molar-refractivity contribution is -0.125. The van der Waals surface area contributed by atoms with Crippen molar-refractivity contribution in [1.29, 1.82) is 0 Å². The van der Waals surface area contributed by atoms with Gasteiger partial charge in [0.1, 0.15) is 5.75 Å². The minimum Gasteiger partial charge on any atom is -0.494 e. The van der Waals surface area contributed by atoms with Crippen LogP contribution < -0.4 is 4.74 Å². The lowest BCUT2D eigenvalue weighted by atomic mass is 9.70. The molecule has 0 N–H and O–H groups in total. The number of ether oxygens (including phenoxy) is 1. The number of hydrogen-bond acceptors (Lipinski definition) is 2. The molecule has 112 valence electrons. The Hall–Kier alpha value is -1.57. The lowest BCUT2D eigenvalue weighted by Crippen LogP contribution is -2.32. The van der Waals surface area contributed by atoms with Gasteiger partial charge in [0.15, 0.2) is 5.78 Å². The molecule has 2 heteroatoms. The summed E-state index contributed by atoms with van der Waals surface area (Å²) >= 11 is 0. The Balaban J connectivity index is 1.92. The van der Waals surface area contributed by atoms with Crippen molar-refractivity contribution in [3.05, 3.63) is 35.4 Å². The van der Waals surface area contributed by atoms with Crippen LogP contribution in [0.1, 0.15) is 46.1 Å².